The molecule has 28 heavy (non-hydrogen) atoms. The summed E-state index contributed by atoms with van der Waals surface area (Å²) >= 11 is 0. The zero-order valence-electron chi connectivity index (χ0n) is 16.1. The molecule has 4 rings (SSSR count). The quantitative estimate of drug-likeness (QED) is 0.628. The van der Waals surface area contributed by atoms with Gasteiger partial charge in [0.25, 0.3) is 5.71 Å². The third-order valence-corrected chi connectivity index (χ3v) is 5.25. The normalized spacial score (nSPS) is 15.9. The summed E-state index contributed by atoms with van der Waals surface area (Å²) in [5.74, 6) is 0.410. The Labute approximate surface area is 163 Å². The van der Waals surface area contributed by atoms with Crippen molar-refractivity contribution < 1.29 is 8.91 Å². The molecule has 3 aromatic rings. The highest BCUT2D eigenvalue weighted by Crippen LogP contribution is 2.31. The molecule has 0 bridgehead atoms. The molecular weight excluding hydrogens is 359 g/mol. The Morgan fingerprint density at radius 1 is 1.07 bits per heavy atom. The highest BCUT2D eigenvalue weighted by atomic mass is 19.1. The summed E-state index contributed by atoms with van der Waals surface area (Å²) in [6, 6.07) is 6.18. The van der Waals surface area contributed by atoms with Crippen molar-refractivity contribution in [3.8, 4) is 11.3 Å². The van der Waals surface area contributed by atoms with Gasteiger partial charge in [0.2, 0.25) is 0 Å². The molecule has 1 aromatic carbocycles. The van der Waals surface area contributed by atoms with Gasteiger partial charge in [-0.2, -0.15) is 4.98 Å². The number of benzene rings is 1. The average Bonchev–Trinajstić information content (AvgIpc) is 3.17. The van der Waals surface area contributed by atoms with E-state index in [1.165, 1.54) is 18.5 Å². The molecule has 3 heterocycles. The number of hydrogen-bond acceptors (Lipinski definition) is 7. The predicted molar refractivity (Wildman–Crippen MR) is 107 cm³/mol. The molecule has 1 N–H and O–H groups in total. The molecule has 0 saturated carbocycles. The van der Waals surface area contributed by atoms with Crippen molar-refractivity contribution in [2.24, 2.45) is 0 Å². The molecule has 0 spiro atoms. The van der Waals surface area contributed by atoms with Crippen LogP contribution in [0.3, 0.4) is 0 Å². The summed E-state index contributed by atoms with van der Waals surface area (Å²) in [7, 11) is 0. The lowest BCUT2D eigenvalue weighted by Gasteiger charge is -2.33. The number of nitrogens with one attached hydrogen (secondary N) is 1. The number of piperazine rings is 1. The maximum Gasteiger partial charge on any atom is 0.263 e. The fraction of sp³-hybridized carbons (Fsp3) is 0.450. The van der Waals surface area contributed by atoms with Crippen LogP contribution in [-0.4, -0.2) is 70.7 Å². The molecule has 2 aromatic heterocycles. The maximum atomic E-state index is 13.2. The van der Waals surface area contributed by atoms with Crippen LogP contribution in [-0.2, 0) is 0 Å². The number of anilines is 1. The van der Waals surface area contributed by atoms with E-state index in [2.05, 4.69) is 37.2 Å². The van der Waals surface area contributed by atoms with Gasteiger partial charge >= 0.3 is 0 Å². The van der Waals surface area contributed by atoms with Gasteiger partial charge in [-0.1, -0.05) is 12.1 Å². The van der Waals surface area contributed by atoms with Crippen molar-refractivity contribution in [1.82, 2.24) is 24.9 Å². The second-order valence-electron chi connectivity index (χ2n) is 7.00. The monoisotopic (exact) mass is 384 g/mol. The van der Waals surface area contributed by atoms with Gasteiger partial charge in [0.1, 0.15) is 29.0 Å². The predicted octanol–water partition coefficient (Wildman–Crippen LogP) is 2.86. The minimum Gasteiger partial charge on any atom is -0.369 e. The Bertz CT molecular complexity index is 905. The van der Waals surface area contributed by atoms with Gasteiger partial charge in [-0.05, 0) is 43.8 Å². The van der Waals surface area contributed by atoms with E-state index in [-0.39, 0.29) is 5.82 Å². The van der Waals surface area contributed by atoms with Crippen molar-refractivity contribution in [3.05, 3.63) is 36.4 Å². The Morgan fingerprint density at radius 3 is 2.57 bits per heavy atom. The molecule has 0 atom stereocenters. The minimum atomic E-state index is -0.286. The van der Waals surface area contributed by atoms with Crippen LogP contribution in [0.5, 0.6) is 0 Å². The van der Waals surface area contributed by atoms with Gasteiger partial charge in [-0.25, -0.2) is 9.37 Å². The van der Waals surface area contributed by atoms with Gasteiger partial charge in [-0.3, -0.25) is 0 Å². The van der Waals surface area contributed by atoms with E-state index in [4.69, 9.17) is 4.52 Å². The third-order valence-electron chi connectivity index (χ3n) is 5.25. The van der Waals surface area contributed by atoms with Gasteiger partial charge < -0.3 is 19.6 Å². The van der Waals surface area contributed by atoms with Gasteiger partial charge in [0.05, 0.1) is 0 Å². The van der Waals surface area contributed by atoms with Crippen molar-refractivity contribution in [2.75, 3.05) is 51.1 Å². The molecule has 1 aliphatic rings. The van der Waals surface area contributed by atoms with Gasteiger partial charge in [-0.15, -0.1) is 0 Å². The van der Waals surface area contributed by atoms with Crippen LogP contribution in [0, 0.1) is 5.82 Å². The Hall–Kier alpha value is -2.58. The Morgan fingerprint density at radius 2 is 1.82 bits per heavy atom. The Balaban J connectivity index is 1.40. The van der Waals surface area contributed by atoms with E-state index in [9.17, 15) is 4.39 Å². The lowest BCUT2D eigenvalue weighted by atomic mass is 10.1. The summed E-state index contributed by atoms with van der Waals surface area (Å²) in [5.41, 5.74) is 1.81. The first-order chi connectivity index (χ1) is 13.7. The van der Waals surface area contributed by atoms with Crippen LogP contribution in [0.4, 0.5) is 10.2 Å². The first-order valence-corrected chi connectivity index (χ1v) is 9.79. The third kappa shape index (κ3) is 4.13. The number of hydrogen-bond donors (Lipinski definition) is 1. The summed E-state index contributed by atoms with van der Waals surface area (Å²) < 4.78 is 18.6. The van der Waals surface area contributed by atoms with E-state index in [0.717, 1.165) is 63.2 Å². The lowest BCUT2D eigenvalue weighted by molar-refractivity contribution is 0.137. The number of rotatable bonds is 7. The fourth-order valence-corrected chi connectivity index (χ4v) is 3.56. The van der Waals surface area contributed by atoms with E-state index in [0.29, 0.717) is 17.2 Å². The van der Waals surface area contributed by atoms with Crippen LogP contribution in [0.15, 0.2) is 35.1 Å². The smallest absolute Gasteiger partial charge is 0.263 e. The first kappa shape index (κ1) is 18.8. The summed E-state index contributed by atoms with van der Waals surface area (Å²) in [4.78, 5) is 13.5. The molecule has 0 unspecified atom stereocenters. The van der Waals surface area contributed by atoms with Crippen LogP contribution in [0.25, 0.3) is 22.4 Å². The summed E-state index contributed by atoms with van der Waals surface area (Å²) in [6.45, 7) is 9.77. The maximum absolute atomic E-state index is 13.2. The van der Waals surface area contributed by atoms with Crippen molar-refractivity contribution in [3.63, 3.8) is 0 Å². The molecule has 1 aliphatic heterocycles. The number of likely N-dealkylation sites (N-methyl/N-ethyl adjacent to an activating group) is 1. The Kier molecular flexibility index (Phi) is 5.78. The topological polar surface area (TPSA) is 70.3 Å². The van der Waals surface area contributed by atoms with E-state index < -0.39 is 0 Å². The van der Waals surface area contributed by atoms with Crippen molar-refractivity contribution in [2.45, 2.75) is 13.3 Å². The first-order valence-electron chi connectivity index (χ1n) is 9.79. The lowest BCUT2D eigenvalue weighted by Crippen LogP contribution is -2.46. The van der Waals surface area contributed by atoms with Crippen molar-refractivity contribution >= 4 is 16.9 Å². The fourth-order valence-electron chi connectivity index (χ4n) is 3.56. The largest absolute Gasteiger partial charge is 0.369 e. The second kappa shape index (κ2) is 8.62. The number of nitrogens with zero attached hydrogens (tertiary/aromatic N) is 5. The standard InChI is InChI=1S/C20H25FN6O/c1-2-26-10-12-27(13-11-26)9-3-8-22-19-17-18(15-4-6-16(21)7-5-15)25-28-20(17)24-14-23-19/h4-7,14H,2-3,8-13H2,1H3,(H,22,23,24). The zero-order chi connectivity index (χ0) is 19.3. The summed E-state index contributed by atoms with van der Waals surface area (Å²) in [6.07, 6.45) is 2.49. The van der Waals surface area contributed by atoms with Crippen LogP contribution >= 0.6 is 0 Å². The summed E-state index contributed by atoms with van der Waals surface area (Å²) in [5, 5.41) is 8.24. The molecule has 8 heteroatoms. The molecule has 7 nitrogen and oxygen atoms in total. The van der Waals surface area contributed by atoms with Crippen LogP contribution < -0.4 is 5.32 Å². The van der Waals surface area contributed by atoms with Crippen molar-refractivity contribution in [1.29, 1.82) is 0 Å². The van der Waals surface area contributed by atoms with E-state index in [1.807, 2.05) is 0 Å². The van der Waals surface area contributed by atoms with Crippen LogP contribution in [0.2, 0.25) is 0 Å². The molecule has 0 aliphatic carbocycles. The average molecular weight is 384 g/mol. The molecule has 1 fully saturated rings. The highest BCUT2D eigenvalue weighted by Gasteiger charge is 2.17. The molecule has 148 valence electrons. The van der Waals surface area contributed by atoms with Crippen LogP contribution in [0.1, 0.15) is 13.3 Å². The van der Waals surface area contributed by atoms with E-state index in [1.54, 1.807) is 12.1 Å². The second-order valence-corrected chi connectivity index (χ2v) is 7.00. The number of aromatic nitrogens is 3. The SMILES string of the molecule is CCN1CCN(CCCNc2ncnc3onc(-c4ccc(F)cc4)c23)CC1. The highest BCUT2D eigenvalue weighted by molar-refractivity contribution is 5.97. The number of fused-ring (bicyclic) bond motifs is 1. The molecule has 0 radical (unpaired) electrons. The molecular formula is C20H25FN6O. The number of halogens is 1. The molecule has 1 saturated heterocycles. The molecule has 0 amide bonds. The van der Waals surface area contributed by atoms with Gasteiger partial charge in [0, 0.05) is 38.3 Å². The van der Waals surface area contributed by atoms with Gasteiger partial charge in [0.15, 0.2) is 0 Å². The zero-order valence-corrected chi connectivity index (χ0v) is 16.1. The van der Waals surface area contributed by atoms with E-state index >= 15 is 0 Å². The minimum absolute atomic E-state index is 0.286.